The first-order chi connectivity index (χ1) is 9.72. The monoisotopic (exact) mass is 276 g/mol. The van der Waals surface area contributed by atoms with E-state index in [1.54, 1.807) is 0 Å². The lowest BCUT2D eigenvalue weighted by molar-refractivity contribution is 0.184. The maximum atomic E-state index is 4.43. The molecule has 0 radical (unpaired) electrons. The molecule has 1 N–H and O–H groups in total. The van der Waals surface area contributed by atoms with Crippen LogP contribution in [0.2, 0.25) is 0 Å². The number of nitrogens with one attached hydrogen (secondary N) is 1. The Hall–Kier alpha value is -0.870. The minimum Gasteiger partial charge on any atom is -0.314 e. The van der Waals surface area contributed by atoms with Gasteiger partial charge in [-0.1, -0.05) is 0 Å². The van der Waals surface area contributed by atoms with Crippen molar-refractivity contribution < 1.29 is 0 Å². The van der Waals surface area contributed by atoms with Crippen molar-refractivity contribution in [2.45, 2.75) is 58.2 Å². The van der Waals surface area contributed by atoms with Crippen LogP contribution in [-0.4, -0.2) is 40.4 Å². The topological polar surface area (TPSA) is 33.1 Å². The average Bonchev–Trinajstić information content (AvgIpc) is 3.16. The van der Waals surface area contributed by atoms with Crippen LogP contribution in [0.4, 0.5) is 0 Å². The fourth-order valence-corrected chi connectivity index (χ4v) is 3.11. The second kappa shape index (κ2) is 6.27. The molecule has 112 valence electrons. The van der Waals surface area contributed by atoms with E-state index in [-0.39, 0.29) is 0 Å². The molecule has 1 saturated carbocycles. The Morgan fingerprint density at radius 3 is 2.65 bits per heavy atom. The van der Waals surface area contributed by atoms with Crippen LogP contribution in [0.5, 0.6) is 0 Å². The smallest absolute Gasteiger partial charge is 0.0527 e. The molecule has 1 aliphatic carbocycles. The van der Waals surface area contributed by atoms with Gasteiger partial charge in [0.1, 0.15) is 0 Å². The molecule has 4 heteroatoms. The van der Waals surface area contributed by atoms with Gasteiger partial charge in [0, 0.05) is 37.9 Å². The van der Waals surface area contributed by atoms with Crippen molar-refractivity contribution in [1.82, 2.24) is 20.0 Å². The zero-order chi connectivity index (χ0) is 13.9. The van der Waals surface area contributed by atoms with Crippen molar-refractivity contribution in [3.63, 3.8) is 0 Å². The zero-order valence-corrected chi connectivity index (χ0v) is 12.9. The number of hydrogen-bond acceptors (Lipinski definition) is 3. The van der Waals surface area contributed by atoms with Crippen LogP contribution >= 0.6 is 0 Å². The van der Waals surface area contributed by atoms with Gasteiger partial charge in [0.25, 0.3) is 0 Å². The summed E-state index contributed by atoms with van der Waals surface area (Å²) in [4.78, 5) is 2.57. The van der Waals surface area contributed by atoms with Crippen molar-refractivity contribution in [2.24, 2.45) is 5.92 Å². The van der Waals surface area contributed by atoms with Crippen LogP contribution in [0.3, 0.4) is 0 Å². The van der Waals surface area contributed by atoms with E-state index in [1.165, 1.54) is 51.0 Å². The second-order valence-electron chi connectivity index (χ2n) is 6.76. The molecule has 20 heavy (non-hydrogen) atoms. The third kappa shape index (κ3) is 3.61. The Bertz CT molecular complexity index is 414. The summed E-state index contributed by atoms with van der Waals surface area (Å²) in [5, 5.41) is 8.18. The third-order valence-corrected chi connectivity index (χ3v) is 4.61. The average molecular weight is 276 g/mol. The van der Waals surface area contributed by atoms with Gasteiger partial charge in [-0.3, -0.25) is 9.58 Å². The van der Waals surface area contributed by atoms with Gasteiger partial charge >= 0.3 is 0 Å². The minimum absolute atomic E-state index is 0.456. The van der Waals surface area contributed by atoms with Gasteiger partial charge < -0.3 is 5.32 Å². The lowest BCUT2D eigenvalue weighted by atomic mass is 10.0. The van der Waals surface area contributed by atoms with E-state index >= 15 is 0 Å². The minimum atomic E-state index is 0.456. The summed E-state index contributed by atoms with van der Waals surface area (Å²) in [5.74, 6) is 0.994. The molecule has 2 aliphatic rings. The summed E-state index contributed by atoms with van der Waals surface area (Å²) < 4.78 is 2.15. The first-order valence-electron chi connectivity index (χ1n) is 8.20. The number of piperidine rings is 1. The fraction of sp³-hybridized carbons (Fsp3) is 0.812. The van der Waals surface area contributed by atoms with Gasteiger partial charge in [0.15, 0.2) is 0 Å². The molecule has 1 aromatic rings. The first kappa shape index (κ1) is 14.1. The molecule has 0 unspecified atom stereocenters. The predicted molar refractivity (Wildman–Crippen MR) is 81.6 cm³/mol. The van der Waals surface area contributed by atoms with E-state index in [9.17, 15) is 0 Å². The van der Waals surface area contributed by atoms with Crippen molar-refractivity contribution in [3.8, 4) is 0 Å². The molecule has 1 aliphatic heterocycles. The summed E-state index contributed by atoms with van der Waals surface area (Å²) in [6.45, 7) is 9.13. The van der Waals surface area contributed by atoms with Crippen molar-refractivity contribution in [2.75, 3.05) is 19.6 Å². The highest BCUT2D eigenvalue weighted by Crippen LogP contribution is 2.28. The number of hydrogen-bond donors (Lipinski definition) is 1. The molecule has 0 bridgehead atoms. The molecule has 3 rings (SSSR count). The summed E-state index contributed by atoms with van der Waals surface area (Å²) in [5.41, 5.74) is 1.35. The summed E-state index contributed by atoms with van der Waals surface area (Å²) >= 11 is 0. The van der Waals surface area contributed by atoms with Crippen molar-refractivity contribution in [3.05, 3.63) is 18.0 Å². The number of likely N-dealkylation sites (tertiary alicyclic amines) is 1. The Morgan fingerprint density at radius 2 is 2.00 bits per heavy atom. The fourth-order valence-electron chi connectivity index (χ4n) is 3.11. The molecule has 0 amide bonds. The lowest BCUT2D eigenvalue weighted by Gasteiger charge is -2.32. The highest BCUT2D eigenvalue weighted by molar-refractivity contribution is 5.02. The molecular weight excluding hydrogens is 248 g/mol. The largest absolute Gasteiger partial charge is 0.314 e. The quantitative estimate of drug-likeness (QED) is 0.866. The van der Waals surface area contributed by atoms with E-state index in [2.05, 4.69) is 39.9 Å². The molecule has 0 aromatic carbocycles. The number of rotatable bonds is 6. The van der Waals surface area contributed by atoms with Gasteiger partial charge in [0.2, 0.25) is 0 Å². The SMILES string of the molecule is CC(C)n1nccc1CN1CCC(NCC2CC2)CC1. The second-order valence-corrected chi connectivity index (χ2v) is 6.76. The highest BCUT2D eigenvalue weighted by Gasteiger charge is 2.24. The molecule has 1 saturated heterocycles. The third-order valence-electron chi connectivity index (χ3n) is 4.61. The molecule has 4 nitrogen and oxygen atoms in total. The Kier molecular flexibility index (Phi) is 4.41. The van der Waals surface area contributed by atoms with Crippen LogP contribution < -0.4 is 5.32 Å². The summed E-state index contributed by atoms with van der Waals surface area (Å²) in [7, 11) is 0. The van der Waals surface area contributed by atoms with E-state index in [4.69, 9.17) is 0 Å². The normalized spacial score (nSPS) is 21.8. The Labute approximate surface area is 122 Å². The first-order valence-corrected chi connectivity index (χ1v) is 8.20. The van der Waals surface area contributed by atoms with Gasteiger partial charge in [0.05, 0.1) is 5.69 Å². The van der Waals surface area contributed by atoms with Gasteiger partial charge in [-0.15, -0.1) is 0 Å². The van der Waals surface area contributed by atoms with Crippen LogP contribution in [0, 0.1) is 5.92 Å². The standard InChI is InChI=1S/C16H28N4/c1-13(2)20-16(5-8-18-20)12-19-9-6-15(7-10-19)17-11-14-3-4-14/h5,8,13-15,17H,3-4,6-7,9-12H2,1-2H3. The van der Waals surface area contributed by atoms with Crippen molar-refractivity contribution >= 4 is 0 Å². The van der Waals surface area contributed by atoms with Crippen LogP contribution in [0.15, 0.2) is 12.3 Å². The molecule has 2 heterocycles. The lowest BCUT2D eigenvalue weighted by Crippen LogP contribution is -2.43. The number of aromatic nitrogens is 2. The molecular formula is C16H28N4. The molecule has 0 atom stereocenters. The highest BCUT2D eigenvalue weighted by atomic mass is 15.3. The van der Waals surface area contributed by atoms with Crippen LogP contribution in [0.25, 0.3) is 0 Å². The van der Waals surface area contributed by atoms with E-state index in [0.717, 1.165) is 18.5 Å². The Morgan fingerprint density at radius 1 is 1.25 bits per heavy atom. The van der Waals surface area contributed by atoms with Crippen molar-refractivity contribution in [1.29, 1.82) is 0 Å². The summed E-state index contributed by atoms with van der Waals surface area (Å²) in [6, 6.07) is 3.37. The number of nitrogens with zero attached hydrogens (tertiary/aromatic N) is 3. The molecule has 2 fully saturated rings. The van der Waals surface area contributed by atoms with Crippen LogP contribution in [0.1, 0.15) is 51.3 Å². The maximum absolute atomic E-state index is 4.43. The zero-order valence-electron chi connectivity index (χ0n) is 12.9. The maximum Gasteiger partial charge on any atom is 0.0527 e. The van der Waals surface area contributed by atoms with Gasteiger partial charge in [-0.25, -0.2) is 0 Å². The van der Waals surface area contributed by atoms with E-state index in [0.29, 0.717) is 6.04 Å². The van der Waals surface area contributed by atoms with Gasteiger partial charge in [-0.2, -0.15) is 5.10 Å². The van der Waals surface area contributed by atoms with Gasteiger partial charge in [-0.05, 0) is 58.1 Å². The Balaban J connectivity index is 1.44. The van der Waals surface area contributed by atoms with E-state index < -0.39 is 0 Å². The van der Waals surface area contributed by atoms with E-state index in [1.807, 2.05) is 6.20 Å². The molecule has 1 aromatic heterocycles. The van der Waals surface area contributed by atoms with Crippen LogP contribution in [-0.2, 0) is 6.54 Å². The molecule has 0 spiro atoms. The summed E-state index contributed by atoms with van der Waals surface area (Å²) in [6.07, 6.45) is 7.42. The predicted octanol–water partition coefficient (Wildman–Crippen LogP) is 2.43.